The van der Waals surface area contributed by atoms with Crippen molar-refractivity contribution >= 4 is 35.0 Å². The lowest BCUT2D eigenvalue weighted by Crippen LogP contribution is -2.03. The Balaban J connectivity index is 2.54. The number of hydrogen-bond acceptors (Lipinski definition) is 5. The molecule has 88 valence electrons. The van der Waals surface area contributed by atoms with Gasteiger partial charge >= 0.3 is 11.9 Å². The highest BCUT2D eigenvalue weighted by atomic mass is 32.2. The number of aromatic carboxylic acids is 1. The van der Waals surface area contributed by atoms with Gasteiger partial charge in [0.05, 0.1) is 12.9 Å². The van der Waals surface area contributed by atoms with Gasteiger partial charge in [0.25, 0.3) is 0 Å². The number of carboxylic acids is 1. The van der Waals surface area contributed by atoms with Crippen LogP contribution >= 0.6 is 23.1 Å². The molecule has 1 rings (SSSR count). The van der Waals surface area contributed by atoms with Crippen molar-refractivity contribution in [1.82, 2.24) is 0 Å². The molecule has 6 heteroatoms. The van der Waals surface area contributed by atoms with Crippen molar-refractivity contribution in [2.45, 2.75) is 12.7 Å². The first-order valence-electron chi connectivity index (χ1n) is 4.51. The Morgan fingerprint density at radius 1 is 1.56 bits per heavy atom. The van der Waals surface area contributed by atoms with Crippen molar-refractivity contribution in [2.75, 3.05) is 12.9 Å². The van der Waals surface area contributed by atoms with Crippen LogP contribution in [-0.4, -0.2) is 29.9 Å². The van der Waals surface area contributed by atoms with Crippen LogP contribution in [0.15, 0.2) is 6.07 Å². The molecule has 0 radical (unpaired) electrons. The van der Waals surface area contributed by atoms with E-state index >= 15 is 0 Å². The van der Waals surface area contributed by atoms with Gasteiger partial charge in [0, 0.05) is 10.6 Å². The number of hydrogen-bond donors (Lipinski definition) is 1. The smallest absolute Gasteiger partial charge is 0.345 e. The third-order valence-corrected chi connectivity index (χ3v) is 3.97. The van der Waals surface area contributed by atoms with Gasteiger partial charge in [-0.1, -0.05) is 0 Å². The third-order valence-electron chi connectivity index (χ3n) is 1.94. The molecule has 1 aromatic heterocycles. The van der Waals surface area contributed by atoms with Crippen molar-refractivity contribution in [3.8, 4) is 0 Å². The fourth-order valence-corrected chi connectivity index (χ4v) is 2.95. The van der Waals surface area contributed by atoms with Crippen LogP contribution in [0.1, 0.15) is 20.1 Å². The van der Waals surface area contributed by atoms with Gasteiger partial charge in [-0.05, 0) is 18.6 Å². The summed E-state index contributed by atoms with van der Waals surface area (Å²) in [6.45, 7) is 1.88. The Kier molecular flexibility index (Phi) is 4.82. The number of carbonyl (C=O) groups excluding carboxylic acids is 1. The molecule has 1 heterocycles. The summed E-state index contributed by atoms with van der Waals surface area (Å²) in [6.07, 6.45) is 0. The standard InChI is InChI=1S/C10H12O4S2/c1-6-7(3-8(16-6)10(12)13)4-15-5-9(11)14-2/h3H,4-5H2,1-2H3,(H,12,13). The molecule has 16 heavy (non-hydrogen) atoms. The van der Waals surface area contributed by atoms with E-state index < -0.39 is 5.97 Å². The number of ether oxygens (including phenoxy) is 1. The number of methoxy groups -OCH3 is 1. The van der Waals surface area contributed by atoms with Crippen molar-refractivity contribution in [1.29, 1.82) is 0 Å². The van der Waals surface area contributed by atoms with Gasteiger partial charge in [-0.25, -0.2) is 4.79 Å². The van der Waals surface area contributed by atoms with E-state index in [4.69, 9.17) is 5.11 Å². The summed E-state index contributed by atoms with van der Waals surface area (Å²) in [5.41, 5.74) is 0.969. The van der Waals surface area contributed by atoms with E-state index in [2.05, 4.69) is 4.74 Å². The Hall–Kier alpha value is -1.01. The van der Waals surface area contributed by atoms with Gasteiger partial charge in [0.1, 0.15) is 4.88 Å². The molecule has 0 aliphatic carbocycles. The van der Waals surface area contributed by atoms with Gasteiger partial charge in [0.2, 0.25) is 0 Å². The van der Waals surface area contributed by atoms with Gasteiger partial charge in [0.15, 0.2) is 0 Å². The zero-order valence-corrected chi connectivity index (χ0v) is 10.6. The molecule has 0 saturated carbocycles. The Morgan fingerprint density at radius 2 is 2.25 bits per heavy atom. The van der Waals surface area contributed by atoms with E-state index in [-0.39, 0.29) is 11.7 Å². The zero-order valence-electron chi connectivity index (χ0n) is 8.98. The third kappa shape index (κ3) is 3.53. The first kappa shape index (κ1) is 13.1. The highest BCUT2D eigenvalue weighted by Gasteiger charge is 2.11. The van der Waals surface area contributed by atoms with Gasteiger partial charge in [-0.15, -0.1) is 23.1 Å². The molecule has 0 aromatic carbocycles. The molecule has 4 nitrogen and oxygen atoms in total. The van der Waals surface area contributed by atoms with Crippen LogP contribution in [0.2, 0.25) is 0 Å². The van der Waals surface area contributed by atoms with Crippen molar-refractivity contribution < 1.29 is 19.4 Å². The monoisotopic (exact) mass is 260 g/mol. The number of thiophene rings is 1. The second-order valence-corrected chi connectivity index (χ2v) is 5.31. The average Bonchev–Trinajstić information content (AvgIpc) is 2.60. The van der Waals surface area contributed by atoms with E-state index in [1.54, 1.807) is 6.07 Å². The van der Waals surface area contributed by atoms with Crippen LogP contribution in [0.5, 0.6) is 0 Å². The quantitative estimate of drug-likeness (QED) is 0.822. The molecule has 0 bridgehead atoms. The SMILES string of the molecule is COC(=O)CSCc1cc(C(=O)O)sc1C. The van der Waals surface area contributed by atoms with Crippen molar-refractivity contribution in [3.05, 3.63) is 21.4 Å². The maximum Gasteiger partial charge on any atom is 0.345 e. The second-order valence-electron chi connectivity index (χ2n) is 3.07. The maximum atomic E-state index is 10.9. The summed E-state index contributed by atoms with van der Waals surface area (Å²) in [5, 5.41) is 8.80. The molecular weight excluding hydrogens is 248 g/mol. The Bertz CT molecular complexity index is 398. The predicted molar refractivity (Wildman–Crippen MR) is 64.2 cm³/mol. The molecule has 0 atom stereocenters. The number of carboxylic acid groups (broad SMARTS) is 1. The van der Waals surface area contributed by atoms with Crippen LogP contribution < -0.4 is 0 Å². The summed E-state index contributed by atoms with van der Waals surface area (Å²) < 4.78 is 4.51. The second kappa shape index (κ2) is 5.91. The zero-order chi connectivity index (χ0) is 12.1. The molecule has 0 fully saturated rings. The number of rotatable bonds is 5. The van der Waals surface area contributed by atoms with E-state index in [1.165, 1.54) is 30.2 Å². The van der Waals surface area contributed by atoms with Crippen LogP contribution in [0, 0.1) is 6.92 Å². The normalized spacial score (nSPS) is 10.1. The summed E-state index contributed by atoms with van der Waals surface area (Å²) in [7, 11) is 1.35. The minimum atomic E-state index is -0.905. The molecule has 0 unspecified atom stereocenters. The van der Waals surface area contributed by atoms with E-state index in [9.17, 15) is 9.59 Å². The minimum Gasteiger partial charge on any atom is -0.477 e. The van der Waals surface area contributed by atoms with E-state index in [0.717, 1.165) is 10.4 Å². The Labute approximate surface area is 102 Å². The van der Waals surface area contributed by atoms with Gasteiger partial charge in [-0.3, -0.25) is 4.79 Å². The van der Waals surface area contributed by atoms with Crippen LogP contribution in [-0.2, 0) is 15.3 Å². The average molecular weight is 260 g/mol. The van der Waals surface area contributed by atoms with Crippen molar-refractivity contribution in [2.24, 2.45) is 0 Å². The van der Waals surface area contributed by atoms with Crippen LogP contribution in [0.4, 0.5) is 0 Å². The lowest BCUT2D eigenvalue weighted by Gasteiger charge is -1.99. The fraction of sp³-hybridized carbons (Fsp3) is 0.400. The molecule has 0 aliphatic heterocycles. The summed E-state index contributed by atoms with van der Waals surface area (Å²) in [5.74, 6) is -0.257. The number of thioether (sulfide) groups is 1. The first-order valence-corrected chi connectivity index (χ1v) is 6.49. The van der Waals surface area contributed by atoms with Crippen LogP contribution in [0.25, 0.3) is 0 Å². The lowest BCUT2D eigenvalue weighted by atomic mass is 10.3. The molecule has 0 spiro atoms. The first-order chi connectivity index (χ1) is 7.54. The highest BCUT2D eigenvalue weighted by molar-refractivity contribution is 7.99. The minimum absolute atomic E-state index is 0.267. The maximum absolute atomic E-state index is 10.9. The van der Waals surface area contributed by atoms with Gasteiger partial charge < -0.3 is 9.84 Å². The Morgan fingerprint density at radius 3 is 2.75 bits per heavy atom. The molecule has 0 amide bonds. The number of carbonyl (C=O) groups is 2. The molecule has 1 aromatic rings. The lowest BCUT2D eigenvalue weighted by molar-refractivity contribution is -0.137. The predicted octanol–water partition coefficient (Wildman–Crippen LogP) is 2.16. The van der Waals surface area contributed by atoms with Gasteiger partial charge in [-0.2, -0.15) is 0 Å². The molecule has 0 aliphatic rings. The van der Waals surface area contributed by atoms with Crippen LogP contribution in [0.3, 0.4) is 0 Å². The fourth-order valence-electron chi connectivity index (χ4n) is 1.07. The summed E-state index contributed by atoms with van der Waals surface area (Å²) in [6, 6.07) is 1.66. The molecular formula is C10H12O4S2. The molecule has 0 saturated heterocycles. The van der Waals surface area contributed by atoms with E-state index in [1.807, 2.05) is 6.92 Å². The summed E-state index contributed by atoms with van der Waals surface area (Å²) in [4.78, 5) is 22.9. The van der Waals surface area contributed by atoms with Crippen molar-refractivity contribution in [3.63, 3.8) is 0 Å². The topological polar surface area (TPSA) is 63.6 Å². The number of aryl methyl sites for hydroxylation is 1. The summed E-state index contributed by atoms with van der Waals surface area (Å²) >= 11 is 2.68. The van der Waals surface area contributed by atoms with E-state index in [0.29, 0.717) is 10.6 Å². The molecule has 1 N–H and O–H groups in total. The number of esters is 1. The highest BCUT2D eigenvalue weighted by Crippen LogP contribution is 2.25. The largest absolute Gasteiger partial charge is 0.477 e.